The monoisotopic (exact) mass is 293 g/mol. The summed E-state index contributed by atoms with van der Waals surface area (Å²) in [6.07, 6.45) is 1.69. The van der Waals surface area contributed by atoms with Crippen LogP contribution in [0.3, 0.4) is 0 Å². The fraction of sp³-hybridized carbons (Fsp3) is 0.400. The number of methoxy groups -OCH3 is 1. The first-order valence-corrected chi connectivity index (χ1v) is 7.32. The highest BCUT2D eigenvalue weighted by Gasteiger charge is 2.10. The summed E-state index contributed by atoms with van der Waals surface area (Å²) in [5.74, 6) is 1.90. The molecule has 5 heteroatoms. The van der Waals surface area contributed by atoms with Crippen molar-refractivity contribution >= 4 is 11.3 Å². The molecule has 0 radical (unpaired) electrons. The lowest BCUT2D eigenvalue weighted by Gasteiger charge is -2.13. The van der Waals surface area contributed by atoms with E-state index < -0.39 is 0 Å². The zero-order valence-corrected chi connectivity index (χ0v) is 12.7. The minimum absolute atomic E-state index is 0.0182. The zero-order chi connectivity index (χ0) is 14.5. The summed E-state index contributed by atoms with van der Waals surface area (Å²) in [6.45, 7) is 4.88. The molecule has 0 atom stereocenters. The van der Waals surface area contributed by atoms with Gasteiger partial charge in [0, 0.05) is 11.8 Å². The van der Waals surface area contributed by atoms with Crippen molar-refractivity contribution in [3.63, 3.8) is 0 Å². The van der Waals surface area contributed by atoms with Crippen LogP contribution in [0.5, 0.6) is 11.5 Å². The molecule has 0 fully saturated rings. The summed E-state index contributed by atoms with van der Waals surface area (Å²) >= 11 is 1.47. The number of aliphatic hydroxyl groups excluding tert-OH is 1. The van der Waals surface area contributed by atoms with Gasteiger partial charge in [-0.3, -0.25) is 0 Å². The van der Waals surface area contributed by atoms with E-state index in [2.05, 4.69) is 18.8 Å². The van der Waals surface area contributed by atoms with Crippen molar-refractivity contribution in [2.24, 2.45) is 5.92 Å². The van der Waals surface area contributed by atoms with E-state index in [9.17, 15) is 0 Å². The summed E-state index contributed by atoms with van der Waals surface area (Å²) in [6, 6.07) is 5.77. The lowest BCUT2D eigenvalue weighted by molar-refractivity contribution is 0.257. The van der Waals surface area contributed by atoms with E-state index in [-0.39, 0.29) is 6.61 Å². The van der Waals surface area contributed by atoms with E-state index in [1.807, 2.05) is 18.2 Å². The molecule has 0 bridgehead atoms. The van der Waals surface area contributed by atoms with Gasteiger partial charge in [0.05, 0.1) is 25.2 Å². The maximum Gasteiger partial charge on any atom is 0.161 e. The SMILES string of the molecule is COc1cc(-c2ncc(CO)s2)ccc1OCC(C)C. The molecule has 1 aromatic carbocycles. The number of aromatic nitrogens is 1. The highest BCUT2D eigenvalue weighted by atomic mass is 32.1. The quantitative estimate of drug-likeness (QED) is 0.887. The number of rotatable bonds is 6. The Bertz CT molecular complexity index is 566. The van der Waals surface area contributed by atoms with Gasteiger partial charge in [-0.05, 0) is 24.1 Å². The van der Waals surface area contributed by atoms with Crippen molar-refractivity contribution in [2.45, 2.75) is 20.5 Å². The van der Waals surface area contributed by atoms with Crippen LogP contribution < -0.4 is 9.47 Å². The number of hydrogen-bond donors (Lipinski definition) is 1. The molecular formula is C15H19NO3S. The number of benzene rings is 1. The van der Waals surface area contributed by atoms with Crippen LogP contribution in [0, 0.1) is 5.92 Å². The molecular weight excluding hydrogens is 274 g/mol. The number of ether oxygens (including phenoxy) is 2. The zero-order valence-electron chi connectivity index (χ0n) is 11.9. The van der Waals surface area contributed by atoms with Crippen molar-refractivity contribution in [1.29, 1.82) is 0 Å². The van der Waals surface area contributed by atoms with E-state index in [1.165, 1.54) is 11.3 Å². The second-order valence-electron chi connectivity index (χ2n) is 4.86. The van der Waals surface area contributed by atoms with Gasteiger partial charge in [0.25, 0.3) is 0 Å². The van der Waals surface area contributed by atoms with Crippen LogP contribution in [0.15, 0.2) is 24.4 Å². The Morgan fingerprint density at radius 3 is 2.70 bits per heavy atom. The molecule has 0 unspecified atom stereocenters. The third-order valence-corrected chi connectivity index (χ3v) is 3.72. The summed E-state index contributed by atoms with van der Waals surface area (Å²) in [5, 5.41) is 9.95. The maximum absolute atomic E-state index is 9.09. The molecule has 0 aliphatic rings. The average molecular weight is 293 g/mol. The van der Waals surface area contributed by atoms with Crippen LogP contribution in [0.1, 0.15) is 18.7 Å². The Kier molecular flexibility index (Phi) is 4.98. The van der Waals surface area contributed by atoms with Gasteiger partial charge in [-0.2, -0.15) is 0 Å². The van der Waals surface area contributed by atoms with E-state index in [0.717, 1.165) is 21.2 Å². The first-order chi connectivity index (χ1) is 9.63. The molecule has 20 heavy (non-hydrogen) atoms. The molecule has 1 N–H and O–H groups in total. The molecule has 108 valence electrons. The number of aliphatic hydroxyl groups is 1. The first kappa shape index (κ1) is 14.8. The second kappa shape index (κ2) is 6.72. The highest BCUT2D eigenvalue weighted by Crippen LogP contribution is 2.34. The Labute approximate surface area is 123 Å². The Hall–Kier alpha value is -1.59. The summed E-state index contributed by atoms with van der Waals surface area (Å²) < 4.78 is 11.1. The molecule has 1 heterocycles. The van der Waals surface area contributed by atoms with Gasteiger partial charge in [-0.25, -0.2) is 4.98 Å². The molecule has 1 aromatic heterocycles. The van der Waals surface area contributed by atoms with Crippen molar-refractivity contribution in [3.8, 4) is 22.1 Å². The standard InChI is InChI=1S/C15H19NO3S/c1-10(2)9-19-13-5-4-11(6-14(13)18-3)15-16-7-12(8-17)20-15/h4-7,10,17H,8-9H2,1-3H3. The summed E-state index contributed by atoms with van der Waals surface area (Å²) in [7, 11) is 1.63. The van der Waals surface area contributed by atoms with Gasteiger partial charge >= 0.3 is 0 Å². The molecule has 0 aliphatic carbocycles. The smallest absolute Gasteiger partial charge is 0.161 e. The van der Waals surface area contributed by atoms with Crippen LogP contribution in [-0.2, 0) is 6.61 Å². The fourth-order valence-corrected chi connectivity index (χ4v) is 2.46. The van der Waals surface area contributed by atoms with Crippen LogP contribution in [0.25, 0.3) is 10.6 Å². The minimum atomic E-state index is 0.0182. The maximum atomic E-state index is 9.09. The van der Waals surface area contributed by atoms with E-state index in [1.54, 1.807) is 13.3 Å². The molecule has 0 saturated heterocycles. The Morgan fingerprint density at radius 1 is 1.30 bits per heavy atom. The van der Waals surface area contributed by atoms with Crippen molar-refractivity contribution in [2.75, 3.05) is 13.7 Å². The molecule has 0 saturated carbocycles. The Balaban J connectivity index is 2.24. The van der Waals surface area contributed by atoms with Gasteiger partial charge in [0.1, 0.15) is 5.01 Å². The largest absolute Gasteiger partial charge is 0.493 e. The van der Waals surface area contributed by atoms with Gasteiger partial charge in [-0.1, -0.05) is 13.8 Å². The number of hydrogen-bond acceptors (Lipinski definition) is 5. The van der Waals surface area contributed by atoms with Gasteiger partial charge in [0.2, 0.25) is 0 Å². The molecule has 0 spiro atoms. The van der Waals surface area contributed by atoms with E-state index in [0.29, 0.717) is 18.3 Å². The number of nitrogens with zero attached hydrogens (tertiary/aromatic N) is 1. The van der Waals surface area contributed by atoms with Gasteiger partial charge in [-0.15, -0.1) is 11.3 Å². The third kappa shape index (κ3) is 3.49. The molecule has 2 rings (SSSR count). The molecule has 0 amide bonds. The predicted molar refractivity (Wildman–Crippen MR) is 80.4 cm³/mol. The second-order valence-corrected chi connectivity index (χ2v) is 5.98. The van der Waals surface area contributed by atoms with Crippen LogP contribution >= 0.6 is 11.3 Å². The fourth-order valence-electron chi connectivity index (χ4n) is 1.69. The van der Waals surface area contributed by atoms with Gasteiger partial charge < -0.3 is 14.6 Å². The molecule has 4 nitrogen and oxygen atoms in total. The molecule has 2 aromatic rings. The predicted octanol–water partition coefficient (Wildman–Crippen LogP) is 3.35. The highest BCUT2D eigenvalue weighted by molar-refractivity contribution is 7.15. The summed E-state index contributed by atoms with van der Waals surface area (Å²) in [5.41, 5.74) is 0.962. The normalized spacial score (nSPS) is 10.8. The van der Waals surface area contributed by atoms with Crippen LogP contribution in [0.4, 0.5) is 0 Å². The van der Waals surface area contributed by atoms with Crippen LogP contribution in [0.2, 0.25) is 0 Å². The minimum Gasteiger partial charge on any atom is -0.493 e. The number of thiazole rings is 1. The summed E-state index contributed by atoms with van der Waals surface area (Å²) in [4.78, 5) is 5.15. The van der Waals surface area contributed by atoms with E-state index in [4.69, 9.17) is 14.6 Å². The third-order valence-electron chi connectivity index (χ3n) is 2.69. The van der Waals surface area contributed by atoms with Crippen LogP contribution in [-0.4, -0.2) is 23.8 Å². The molecule has 0 aliphatic heterocycles. The van der Waals surface area contributed by atoms with E-state index >= 15 is 0 Å². The van der Waals surface area contributed by atoms with Crippen molar-refractivity contribution < 1.29 is 14.6 Å². The topological polar surface area (TPSA) is 51.6 Å². The lowest BCUT2D eigenvalue weighted by atomic mass is 10.2. The average Bonchev–Trinajstić information content (AvgIpc) is 2.93. The van der Waals surface area contributed by atoms with Crippen molar-refractivity contribution in [3.05, 3.63) is 29.3 Å². The van der Waals surface area contributed by atoms with Gasteiger partial charge in [0.15, 0.2) is 11.5 Å². The first-order valence-electron chi connectivity index (χ1n) is 6.50. The lowest BCUT2D eigenvalue weighted by Crippen LogP contribution is -2.05. The Morgan fingerprint density at radius 2 is 2.10 bits per heavy atom. The van der Waals surface area contributed by atoms with Crippen molar-refractivity contribution in [1.82, 2.24) is 4.98 Å².